The molecule has 108 valence electrons. The maximum Gasteiger partial charge on any atom is 0.387 e. The van der Waals surface area contributed by atoms with Crippen LogP contribution in [0.1, 0.15) is 38.3 Å². The van der Waals surface area contributed by atoms with Crippen molar-refractivity contribution in [1.82, 2.24) is 0 Å². The molecule has 2 atom stereocenters. The minimum atomic E-state index is -2.86. The first-order chi connectivity index (χ1) is 8.90. The molecule has 0 radical (unpaired) electrons. The summed E-state index contributed by atoms with van der Waals surface area (Å²) in [5, 5.41) is 9.98. The van der Waals surface area contributed by atoms with Gasteiger partial charge in [-0.2, -0.15) is 8.78 Å². The quantitative estimate of drug-likeness (QED) is 0.802. The van der Waals surface area contributed by atoms with Crippen LogP contribution in [0.2, 0.25) is 0 Å². The highest BCUT2D eigenvalue weighted by molar-refractivity contribution is 5.31. The van der Waals surface area contributed by atoms with E-state index in [1.165, 1.54) is 12.1 Å². The van der Waals surface area contributed by atoms with E-state index in [0.717, 1.165) is 6.42 Å². The van der Waals surface area contributed by atoms with Gasteiger partial charge in [0.2, 0.25) is 0 Å². The van der Waals surface area contributed by atoms with Gasteiger partial charge in [0.25, 0.3) is 0 Å². The van der Waals surface area contributed by atoms with Gasteiger partial charge in [0.15, 0.2) is 0 Å². The standard InChI is InChI=1S/C14H21F2NO2/c1-9(2)6-7-12(18)13(17)10-4-3-5-11(8-10)19-14(15)16/h3-5,8-9,12-14,18H,6-7,17H2,1-2H3/t12-,13+/m0/s1. The summed E-state index contributed by atoms with van der Waals surface area (Å²) in [5.41, 5.74) is 6.52. The van der Waals surface area contributed by atoms with Gasteiger partial charge >= 0.3 is 6.61 Å². The summed E-state index contributed by atoms with van der Waals surface area (Å²) >= 11 is 0. The Balaban J connectivity index is 2.67. The van der Waals surface area contributed by atoms with Crippen LogP contribution in [0.3, 0.4) is 0 Å². The molecule has 19 heavy (non-hydrogen) atoms. The molecule has 0 spiro atoms. The van der Waals surface area contributed by atoms with Crippen molar-refractivity contribution in [3.8, 4) is 5.75 Å². The lowest BCUT2D eigenvalue weighted by Gasteiger charge is -2.20. The minimum Gasteiger partial charge on any atom is -0.435 e. The molecule has 3 nitrogen and oxygen atoms in total. The number of alkyl halides is 2. The molecule has 1 rings (SSSR count). The summed E-state index contributed by atoms with van der Waals surface area (Å²) in [5.74, 6) is 0.536. The number of ether oxygens (including phenoxy) is 1. The van der Waals surface area contributed by atoms with Gasteiger partial charge in [0.1, 0.15) is 5.75 Å². The third-order valence-electron chi connectivity index (χ3n) is 2.92. The molecule has 1 aromatic rings. The third kappa shape index (κ3) is 5.53. The van der Waals surface area contributed by atoms with Crippen LogP contribution in [-0.2, 0) is 0 Å². The summed E-state index contributed by atoms with van der Waals surface area (Å²) in [6.45, 7) is 1.27. The van der Waals surface area contributed by atoms with E-state index in [0.29, 0.717) is 17.9 Å². The molecule has 5 heteroatoms. The summed E-state index contributed by atoms with van der Waals surface area (Å²) in [7, 11) is 0. The Morgan fingerprint density at radius 1 is 1.26 bits per heavy atom. The zero-order valence-corrected chi connectivity index (χ0v) is 11.2. The second-order valence-electron chi connectivity index (χ2n) is 5.02. The van der Waals surface area contributed by atoms with Gasteiger partial charge in [-0.05, 0) is 36.5 Å². The van der Waals surface area contributed by atoms with Gasteiger partial charge in [-0.3, -0.25) is 0 Å². The largest absolute Gasteiger partial charge is 0.435 e. The smallest absolute Gasteiger partial charge is 0.387 e. The number of nitrogens with two attached hydrogens (primary N) is 1. The highest BCUT2D eigenvalue weighted by Crippen LogP contribution is 2.23. The van der Waals surface area contributed by atoms with Crippen molar-refractivity contribution < 1.29 is 18.6 Å². The van der Waals surface area contributed by atoms with E-state index in [2.05, 4.69) is 18.6 Å². The predicted octanol–water partition coefficient (Wildman–Crippen LogP) is 3.08. The fourth-order valence-electron chi connectivity index (χ4n) is 1.80. The molecule has 0 unspecified atom stereocenters. The van der Waals surface area contributed by atoms with E-state index in [1.807, 2.05) is 0 Å². The van der Waals surface area contributed by atoms with Gasteiger partial charge in [0, 0.05) is 0 Å². The lowest BCUT2D eigenvalue weighted by molar-refractivity contribution is -0.0499. The predicted molar refractivity (Wildman–Crippen MR) is 70.1 cm³/mol. The first kappa shape index (κ1) is 15.9. The fraction of sp³-hybridized carbons (Fsp3) is 0.571. The Morgan fingerprint density at radius 2 is 1.95 bits per heavy atom. The van der Waals surface area contributed by atoms with E-state index in [4.69, 9.17) is 5.73 Å². The second-order valence-corrected chi connectivity index (χ2v) is 5.02. The molecule has 0 aromatic heterocycles. The molecule has 0 fully saturated rings. The Bertz CT molecular complexity index is 385. The summed E-state index contributed by atoms with van der Waals surface area (Å²) in [6, 6.07) is 5.56. The monoisotopic (exact) mass is 273 g/mol. The van der Waals surface area contributed by atoms with Crippen LogP contribution in [0, 0.1) is 5.92 Å². The average Bonchev–Trinajstić information content (AvgIpc) is 2.34. The fourth-order valence-corrected chi connectivity index (χ4v) is 1.80. The van der Waals surface area contributed by atoms with Gasteiger partial charge in [0.05, 0.1) is 12.1 Å². The van der Waals surface area contributed by atoms with Gasteiger partial charge in [-0.1, -0.05) is 26.0 Å². The number of aliphatic hydroxyl groups is 1. The SMILES string of the molecule is CC(C)CC[C@H](O)[C@H](N)c1cccc(OC(F)F)c1. The maximum atomic E-state index is 12.1. The number of benzene rings is 1. The normalized spacial score (nSPS) is 14.7. The van der Waals surface area contributed by atoms with Crippen LogP contribution in [-0.4, -0.2) is 17.8 Å². The summed E-state index contributed by atoms with van der Waals surface area (Å²) in [6.07, 6.45) is 0.755. The van der Waals surface area contributed by atoms with Crippen LogP contribution in [0.25, 0.3) is 0 Å². The summed E-state index contributed by atoms with van der Waals surface area (Å²) in [4.78, 5) is 0. The van der Waals surface area contributed by atoms with E-state index in [1.54, 1.807) is 12.1 Å². The Labute approximate surface area is 112 Å². The molecule has 0 aliphatic heterocycles. The van der Waals surface area contributed by atoms with Crippen LogP contribution in [0.15, 0.2) is 24.3 Å². The molecule has 0 amide bonds. The lowest BCUT2D eigenvalue weighted by atomic mass is 9.96. The van der Waals surface area contributed by atoms with Crippen molar-refractivity contribution in [3.05, 3.63) is 29.8 Å². The van der Waals surface area contributed by atoms with E-state index >= 15 is 0 Å². The maximum absolute atomic E-state index is 12.1. The molecular formula is C14H21F2NO2. The molecule has 0 saturated heterocycles. The van der Waals surface area contributed by atoms with Crippen LogP contribution in [0.5, 0.6) is 5.75 Å². The second kappa shape index (κ2) is 7.40. The molecule has 0 heterocycles. The third-order valence-corrected chi connectivity index (χ3v) is 2.92. The van der Waals surface area contributed by atoms with E-state index in [-0.39, 0.29) is 5.75 Å². The van der Waals surface area contributed by atoms with Crippen molar-refractivity contribution in [1.29, 1.82) is 0 Å². The first-order valence-corrected chi connectivity index (χ1v) is 6.38. The van der Waals surface area contributed by atoms with Crippen molar-refractivity contribution in [3.63, 3.8) is 0 Å². The molecule has 3 N–H and O–H groups in total. The lowest BCUT2D eigenvalue weighted by Crippen LogP contribution is -2.26. The van der Waals surface area contributed by atoms with Crippen molar-refractivity contribution in [2.75, 3.05) is 0 Å². The molecule has 0 bridgehead atoms. The highest BCUT2D eigenvalue weighted by Gasteiger charge is 2.18. The van der Waals surface area contributed by atoms with Gasteiger partial charge < -0.3 is 15.6 Å². The topological polar surface area (TPSA) is 55.5 Å². The molecule has 1 aromatic carbocycles. The van der Waals surface area contributed by atoms with Gasteiger partial charge in [-0.25, -0.2) is 0 Å². The Kier molecular flexibility index (Phi) is 6.18. The number of halogens is 2. The zero-order valence-electron chi connectivity index (χ0n) is 11.2. The Hall–Kier alpha value is -1.20. The molecule has 0 aliphatic rings. The number of hydrogen-bond acceptors (Lipinski definition) is 3. The minimum absolute atomic E-state index is 0.0546. The highest BCUT2D eigenvalue weighted by atomic mass is 19.3. The first-order valence-electron chi connectivity index (χ1n) is 6.38. The van der Waals surface area contributed by atoms with Gasteiger partial charge in [-0.15, -0.1) is 0 Å². The number of rotatable bonds is 7. The zero-order chi connectivity index (χ0) is 14.4. The van der Waals surface area contributed by atoms with E-state index < -0.39 is 18.8 Å². The van der Waals surface area contributed by atoms with Crippen molar-refractivity contribution >= 4 is 0 Å². The van der Waals surface area contributed by atoms with Crippen LogP contribution in [0.4, 0.5) is 8.78 Å². The molecular weight excluding hydrogens is 252 g/mol. The summed E-state index contributed by atoms with van der Waals surface area (Å²) < 4.78 is 28.5. The van der Waals surface area contributed by atoms with Crippen molar-refractivity contribution in [2.45, 2.75) is 45.4 Å². The molecule has 0 saturated carbocycles. The van der Waals surface area contributed by atoms with Crippen LogP contribution >= 0.6 is 0 Å². The van der Waals surface area contributed by atoms with Crippen LogP contribution < -0.4 is 10.5 Å². The van der Waals surface area contributed by atoms with E-state index in [9.17, 15) is 13.9 Å². The average molecular weight is 273 g/mol. The number of hydrogen-bond donors (Lipinski definition) is 2. The number of aliphatic hydroxyl groups excluding tert-OH is 1. The Morgan fingerprint density at radius 3 is 2.53 bits per heavy atom. The van der Waals surface area contributed by atoms with Crippen molar-refractivity contribution in [2.24, 2.45) is 11.7 Å². The molecule has 0 aliphatic carbocycles.